The van der Waals surface area contributed by atoms with Crippen LogP contribution in [0.3, 0.4) is 0 Å². The van der Waals surface area contributed by atoms with Crippen LogP contribution in [0.25, 0.3) is 6.08 Å². The predicted molar refractivity (Wildman–Crippen MR) is 122 cm³/mol. The molecule has 0 heterocycles. The van der Waals surface area contributed by atoms with Crippen molar-refractivity contribution in [3.63, 3.8) is 0 Å². The van der Waals surface area contributed by atoms with Crippen molar-refractivity contribution in [2.24, 2.45) is 0 Å². The third-order valence-electron chi connectivity index (χ3n) is 5.44. The summed E-state index contributed by atoms with van der Waals surface area (Å²) in [5.41, 5.74) is 1.42. The fourth-order valence-corrected chi connectivity index (χ4v) is 3.59. The van der Waals surface area contributed by atoms with Crippen LogP contribution in [0.15, 0.2) is 30.3 Å². The monoisotopic (exact) mass is 386 g/mol. The normalized spacial score (nSPS) is 11.3. The summed E-state index contributed by atoms with van der Waals surface area (Å²) in [6.07, 6.45) is 26.4. The molecule has 0 aromatic heterocycles. The van der Waals surface area contributed by atoms with Gasteiger partial charge in [0.25, 0.3) is 0 Å². The van der Waals surface area contributed by atoms with E-state index in [1.54, 1.807) is 12.1 Å². The molecular weight excluding hydrogens is 344 g/mol. The molecule has 0 saturated heterocycles. The minimum Gasteiger partial charge on any atom is -0.478 e. The van der Waals surface area contributed by atoms with Crippen LogP contribution in [0.1, 0.15) is 126 Å². The molecule has 0 atom stereocenters. The number of hydrogen-bond donors (Lipinski definition) is 1. The molecule has 0 aliphatic carbocycles. The molecule has 0 saturated carbocycles. The Kier molecular flexibility index (Phi) is 15.3. The first-order valence-electron chi connectivity index (χ1n) is 11.7. The van der Waals surface area contributed by atoms with E-state index in [4.69, 9.17) is 5.11 Å². The largest absolute Gasteiger partial charge is 0.478 e. The second-order valence-electron chi connectivity index (χ2n) is 8.07. The van der Waals surface area contributed by atoms with Gasteiger partial charge >= 0.3 is 5.97 Å². The van der Waals surface area contributed by atoms with Crippen LogP contribution in [0.5, 0.6) is 0 Å². The molecular formula is C26H42O2. The van der Waals surface area contributed by atoms with Crippen molar-refractivity contribution >= 4 is 12.0 Å². The molecule has 0 amide bonds. The molecule has 1 N–H and O–H groups in total. The summed E-state index contributed by atoms with van der Waals surface area (Å²) < 4.78 is 0. The Labute approximate surface area is 173 Å². The van der Waals surface area contributed by atoms with Gasteiger partial charge in [-0.15, -0.1) is 0 Å². The summed E-state index contributed by atoms with van der Waals surface area (Å²) in [7, 11) is 0. The summed E-state index contributed by atoms with van der Waals surface area (Å²) in [4.78, 5) is 10.8. The van der Waals surface area contributed by atoms with Gasteiger partial charge in [-0.05, 0) is 30.5 Å². The Hall–Kier alpha value is -1.57. The number of rotatable bonds is 18. The van der Waals surface area contributed by atoms with Crippen molar-refractivity contribution in [3.8, 4) is 0 Å². The highest BCUT2D eigenvalue weighted by Gasteiger charge is 1.99. The third-order valence-corrected chi connectivity index (χ3v) is 5.44. The zero-order valence-electron chi connectivity index (χ0n) is 18.1. The van der Waals surface area contributed by atoms with Crippen LogP contribution in [-0.4, -0.2) is 11.1 Å². The first kappa shape index (κ1) is 24.5. The highest BCUT2D eigenvalue weighted by atomic mass is 16.4. The standard InChI is InChI=1S/C26H42O2/c1-2-3-4-5-6-7-8-9-10-11-12-13-14-15-16-17-18-19-24-20-22-25(23-21-24)26(27)28/h18-23H,2-17H2,1H3,(H,27,28)/b19-18-. The second-order valence-corrected chi connectivity index (χ2v) is 8.07. The topological polar surface area (TPSA) is 37.3 Å². The quantitative estimate of drug-likeness (QED) is 0.256. The van der Waals surface area contributed by atoms with Crippen LogP contribution >= 0.6 is 0 Å². The fourth-order valence-electron chi connectivity index (χ4n) is 3.59. The molecule has 0 radical (unpaired) electrons. The van der Waals surface area contributed by atoms with Crippen LogP contribution in [0.2, 0.25) is 0 Å². The van der Waals surface area contributed by atoms with Crippen molar-refractivity contribution < 1.29 is 9.90 Å². The SMILES string of the molecule is CCCCCCCCCCCCCCCCC/C=C\c1ccc(C(=O)O)cc1. The Morgan fingerprint density at radius 2 is 1.14 bits per heavy atom. The molecule has 0 fully saturated rings. The number of unbranched alkanes of at least 4 members (excludes halogenated alkanes) is 15. The number of benzene rings is 1. The van der Waals surface area contributed by atoms with Gasteiger partial charge < -0.3 is 5.11 Å². The molecule has 0 aliphatic rings. The number of hydrogen-bond acceptors (Lipinski definition) is 1. The van der Waals surface area contributed by atoms with E-state index in [-0.39, 0.29) is 0 Å². The first-order valence-corrected chi connectivity index (χ1v) is 11.7. The first-order chi connectivity index (χ1) is 13.7. The molecule has 0 spiro atoms. The minimum absolute atomic E-state index is 0.347. The number of allylic oxidation sites excluding steroid dienone is 1. The molecule has 1 aromatic carbocycles. The van der Waals surface area contributed by atoms with Gasteiger partial charge in [0.1, 0.15) is 0 Å². The highest BCUT2D eigenvalue weighted by Crippen LogP contribution is 2.14. The van der Waals surface area contributed by atoms with Gasteiger partial charge in [0.15, 0.2) is 0 Å². The van der Waals surface area contributed by atoms with Crippen LogP contribution < -0.4 is 0 Å². The molecule has 0 aliphatic heterocycles. The lowest BCUT2D eigenvalue weighted by Crippen LogP contribution is -1.94. The van der Waals surface area contributed by atoms with Crippen LogP contribution in [-0.2, 0) is 0 Å². The maximum Gasteiger partial charge on any atom is 0.335 e. The lowest BCUT2D eigenvalue weighted by Gasteiger charge is -2.03. The Balaban J connectivity index is 1.84. The molecule has 0 unspecified atom stereocenters. The molecule has 158 valence electrons. The van der Waals surface area contributed by atoms with E-state index in [2.05, 4.69) is 19.1 Å². The van der Waals surface area contributed by atoms with Crippen molar-refractivity contribution in [2.75, 3.05) is 0 Å². The molecule has 2 nitrogen and oxygen atoms in total. The van der Waals surface area contributed by atoms with Gasteiger partial charge in [0, 0.05) is 0 Å². The van der Waals surface area contributed by atoms with Gasteiger partial charge in [-0.2, -0.15) is 0 Å². The van der Waals surface area contributed by atoms with E-state index < -0.39 is 5.97 Å². The van der Waals surface area contributed by atoms with Crippen molar-refractivity contribution in [3.05, 3.63) is 41.5 Å². The highest BCUT2D eigenvalue weighted by molar-refractivity contribution is 5.87. The maximum absolute atomic E-state index is 10.8. The number of carbonyl (C=O) groups is 1. The van der Waals surface area contributed by atoms with E-state index in [0.717, 1.165) is 12.0 Å². The molecule has 1 aromatic rings. The average molecular weight is 387 g/mol. The second kappa shape index (κ2) is 17.5. The fraction of sp³-hybridized carbons (Fsp3) is 0.654. The number of aromatic carboxylic acids is 1. The van der Waals surface area contributed by atoms with Crippen LogP contribution in [0.4, 0.5) is 0 Å². The third kappa shape index (κ3) is 13.6. The van der Waals surface area contributed by atoms with Gasteiger partial charge in [0.05, 0.1) is 5.56 Å². The van der Waals surface area contributed by atoms with Crippen LogP contribution in [0, 0.1) is 0 Å². The number of carboxylic acid groups (broad SMARTS) is 1. The summed E-state index contributed by atoms with van der Waals surface area (Å²) in [5.74, 6) is -0.867. The number of carboxylic acids is 1. The van der Waals surface area contributed by atoms with E-state index >= 15 is 0 Å². The zero-order valence-corrected chi connectivity index (χ0v) is 18.1. The smallest absolute Gasteiger partial charge is 0.335 e. The maximum atomic E-state index is 10.8. The minimum atomic E-state index is -0.867. The van der Waals surface area contributed by atoms with Gasteiger partial charge in [-0.25, -0.2) is 4.79 Å². The van der Waals surface area contributed by atoms with Crippen molar-refractivity contribution in [1.82, 2.24) is 0 Å². The Morgan fingerprint density at radius 3 is 1.57 bits per heavy atom. The summed E-state index contributed by atoms with van der Waals surface area (Å²) in [6.45, 7) is 2.28. The summed E-state index contributed by atoms with van der Waals surface area (Å²) in [6, 6.07) is 7.06. The van der Waals surface area contributed by atoms with Gasteiger partial charge in [0.2, 0.25) is 0 Å². The van der Waals surface area contributed by atoms with E-state index in [0.29, 0.717) is 5.56 Å². The Morgan fingerprint density at radius 1 is 0.714 bits per heavy atom. The molecule has 28 heavy (non-hydrogen) atoms. The summed E-state index contributed by atoms with van der Waals surface area (Å²) in [5, 5.41) is 8.89. The van der Waals surface area contributed by atoms with E-state index in [9.17, 15) is 4.79 Å². The lowest BCUT2D eigenvalue weighted by atomic mass is 10.0. The zero-order chi connectivity index (χ0) is 20.3. The molecule has 0 bridgehead atoms. The van der Waals surface area contributed by atoms with E-state index in [1.807, 2.05) is 12.1 Å². The van der Waals surface area contributed by atoms with Crippen molar-refractivity contribution in [2.45, 2.75) is 110 Å². The van der Waals surface area contributed by atoms with E-state index in [1.165, 1.54) is 96.3 Å². The molecule has 1 rings (SSSR count). The lowest BCUT2D eigenvalue weighted by molar-refractivity contribution is 0.0697. The van der Waals surface area contributed by atoms with Crippen molar-refractivity contribution in [1.29, 1.82) is 0 Å². The molecule has 2 heteroatoms. The average Bonchev–Trinajstić information content (AvgIpc) is 2.70. The Bertz CT molecular complexity index is 516. The summed E-state index contributed by atoms with van der Waals surface area (Å²) >= 11 is 0. The predicted octanol–water partition coefficient (Wildman–Crippen LogP) is 8.66. The van der Waals surface area contributed by atoms with Gasteiger partial charge in [-0.3, -0.25) is 0 Å². The van der Waals surface area contributed by atoms with Gasteiger partial charge in [-0.1, -0.05) is 121 Å².